The summed E-state index contributed by atoms with van der Waals surface area (Å²) in [4.78, 5) is 22.2. The predicted molar refractivity (Wildman–Crippen MR) is 103 cm³/mol. The molecule has 0 atom stereocenters. The average Bonchev–Trinajstić information content (AvgIpc) is 2.58. The Morgan fingerprint density at radius 1 is 1.35 bits per heavy atom. The molecule has 0 fully saturated rings. The van der Waals surface area contributed by atoms with E-state index >= 15 is 0 Å². The molecule has 0 heterocycles. The fourth-order valence-corrected chi connectivity index (χ4v) is 2.99. The fourth-order valence-electron chi connectivity index (χ4n) is 1.89. The van der Waals surface area contributed by atoms with E-state index < -0.39 is 17.4 Å². The van der Waals surface area contributed by atoms with Crippen LogP contribution >= 0.6 is 31.9 Å². The number of hydrogen-bond donors (Lipinski definition) is 2. The summed E-state index contributed by atoms with van der Waals surface area (Å²) in [6.07, 6.45) is 1.34. The molecule has 2 aromatic rings. The van der Waals surface area contributed by atoms with Crippen LogP contribution in [0.2, 0.25) is 0 Å². The first-order valence-electron chi connectivity index (χ1n) is 7.15. The van der Waals surface area contributed by atoms with Gasteiger partial charge in [-0.2, -0.15) is 5.10 Å². The quantitative estimate of drug-likeness (QED) is 0.367. The highest BCUT2D eigenvalue weighted by molar-refractivity contribution is 9.11. The smallest absolute Gasteiger partial charge is 0.311 e. The van der Waals surface area contributed by atoms with E-state index in [-0.39, 0.29) is 17.2 Å². The number of hydrogen-bond acceptors (Lipinski definition) is 6. The molecule has 0 aromatic heterocycles. The van der Waals surface area contributed by atoms with Crippen LogP contribution in [0.3, 0.4) is 0 Å². The van der Waals surface area contributed by atoms with Crippen LogP contribution in [0.4, 0.5) is 5.69 Å². The highest BCUT2D eigenvalue weighted by atomic mass is 79.9. The Kier molecular flexibility index (Phi) is 6.70. The van der Waals surface area contributed by atoms with Crippen molar-refractivity contribution in [1.82, 2.24) is 5.43 Å². The van der Waals surface area contributed by atoms with Crippen molar-refractivity contribution < 1.29 is 19.6 Å². The zero-order valence-corrected chi connectivity index (χ0v) is 16.6. The van der Waals surface area contributed by atoms with Gasteiger partial charge < -0.3 is 9.84 Å². The molecular weight excluding hydrogens is 474 g/mol. The maximum atomic E-state index is 11.8. The number of ether oxygens (including phenoxy) is 1. The zero-order valence-electron chi connectivity index (χ0n) is 13.4. The van der Waals surface area contributed by atoms with Gasteiger partial charge in [-0.15, -0.1) is 0 Å². The van der Waals surface area contributed by atoms with E-state index in [4.69, 9.17) is 4.74 Å². The van der Waals surface area contributed by atoms with Gasteiger partial charge in [-0.25, -0.2) is 5.43 Å². The third kappa shape index (κ3) is 5.27. The second kappa shape index (κ2) is 8.77. The van der Waals surface area contributed by atoms with E-state index in [1.165, 1.54) is 24.4 Å². The van der Waals surface area contributed by atoms with E-state index in [0.717, 1.165) is 0 Å². The normalized spacial score (nSPS) is 10.7. The third-order valence-electron chi connectivity index (χ3n) is 3.13. The van der Waals surface area contributed by atoms with Crippen molar-refractivity contribution in [3.05, 3.63) is 60.5 Å². The van der Waals surface area contributed by atoms with Gasteiger partial charge in [0.05, 0.1) is 15.6 Å². The number of rotatable bonds is 6. The highest BCUT2D eigenvalue weighted by Gasteiger charge is 2.16. The topological polar surface area (TPSA) is 114 Å². The van der Waals surface area contributed by atoms with Crippen molar-refractivity contribution in [1.29, 1.82) is 0 Å². The van der Waals surface area contributed by atoms with Crippen molar-refractivity contribution in [2.75, 3.05) is 6.61 Å². The van der Waals surface area contributed by atoms with Gasteiger partial charge in [-0.05, 0) is 46.6 Å². The molecule has 2 aromatic carbocycles. The Morgan fingerprint density at radius 3 is 2.77 bits per heavy atom. The minimum atomic E-state index is -0.589. The van der Waals surface area contributed by atoms with Crippen molar-refractivity contribution in [2.45, 2.75) is 6.92 Å². The van der Waals surface area contributed by atoms with Crippen LogP contribution in [0.1, 0.15) is 11.1 Å². The Labute approximate surface area is 165 Å². The number of nitro groups is 1. The van der Waals surface area contributed by atoms with E-state index in [1.807, 2.05) is 0 Å². The number of phenolic OH excluding ortho intramolecular Hbond substituents is 1. The van der Waals surface area contributed by atoms with Crippen LogP contribution in [0, 0.1) is 17.0 Å². The summed E-state index contributed by atoms with van der Waals surface area (Å²) in [5.41, 5.74) is 3.28. The van der Waals surface area contributed by atoms with E-state index in [2.05, 4.69) is 42.4 Å². The molecule has 10 heteroatoms. The van der Waals surface area contributed by atoms with Gasteiger partial charge in [0.25, 0.3) is 5.91 Å². The van der Waals surface area contributed by atoms with Gasteiger partial charge in [-0.1, -0.05) is 22.0 Å². The summed E-state index contributed by atoms with van der Waals surface area (Å²) >= 11 is 6.48. The number of aromatic hydroxyl groups is 1. The lowest BCUT2D eigenvalue weighted by Gasteiger charge is -2.06. The van der Waals surface area contributed by atoms with Crippen molar-refractivity contribution in [2.24, 2.45) is 5.10 Å². The largest absolute Gasteiger partial charge is 0.507 e. The summed E-state index contributed by atoms with van der Waals surface area (Å²) < 4.78 is 6.37. The number of phenols is 1. The molecule has 2 N–H and O–H groups in total. The zero-order chi connectivity index (χ0) is 19.3. The summed E-state index contributed by atoms with van der Waals surface area (Å²) in [6, 6.07) is 7.54. The molecule has 0 saturated heterocycles. The molecule has 0 radical (unpaired) electrons. The maximum Gasteiger partial charge on any atom is 0.311 e. The summed E-state index contributed by atoms with van der Waals surface area (Å²) in [5.74, 6) is -0.565. The van der Waals surface area contributed by atoms with Gasteiger partial charge in [-0.3, -0.25) is 14.9 Å². The van der Waals surface area contributed by atoms with Crippen LogP contribution in [0.5, 0.6) is 11.5 Å². The van der Waals surface area contributed by atoms with Crippen LogP contribution < -0.4 is 10.2 Å². The minimum absolute atomic E-state index is 0.000283. The number of aryl methyl sites for hydroxylation is 1. The predicted octanol–water partition coefficient (Wildman–Crippen LogP) is 3.66. The summed E-state index contributed by atoms with van der Waals surface area (Å²) in [7, 11) is 0. The number of nitrogens with one attached hydrogen (secondary N) is 1. The number of benzene rings is 2. The van der Waals surface area contributed by atoms with Crippen LogP contribution in [0.25, 0.3) is 0 Å². The molecule has 0 aliphatic rings. The van der Waals surface area contributed by atoms with Gasteiger partial charge >= 0.3 is 5.69 Å². The lowest BCUT2D eigenvalue weighted by Crippen LogP contribution is -2.24. The van der Waals surface area contributed by atoms with Crippen molar-refractivity contribution in [3.63, 3.8) is 0 Å². The number of halogens is 2. The van der Waals surface area contributed by atoms with Crippen LogP contribution in [-0.2, 0) is 4.79 Å². The molecular formula is C16H13Br2N3O5. The lowest BCUT2D eigenvalue weighted by molar-refractivity contribution is -0.385. The first-order valence-corrected chi connectivity index (χ1v) is 8.74. The minimum Gasteiger partial charge on any atom is -0.507 e. The second-order valence-corrected chi connectivity index (χ2v) is 6.84. The first-order chi connectivity index (χ1) is 12.3. The Hall–Kier alpha value is -2.46. The Morgan fingerprint density at radius 2 is 2.08 bits per heavy atom. The molecule has 0 saturated carbocycles. The molecule has 26 heavy (non-hydrogen) atoms. The number of hydrazone groups is 1. The molecule has 0 bridgehead atoms. The summed E-state index contributed by atoms with van der Waals surface area (Å²) in [5, 5.41) is 24.4. The molecule has 1 amide bonds. The van der Waals surface area contributed by atoms with E-state index in [0.29, 0.717) is 20.1 Å². The van der Waals surface area contributed by atoms with Gasteiger partial charge in [0.1, 0.15) is 5.75 Å². The number of nitro benzene ring substituents is 1. The molecule has 136 valence electrons. The third-order valence-corrected chi connectivity index (χ3v) is 4.45. The number of carbonyl (C=O) groups excluding carboxylic acids is 1. The maximum absolute atomic E-state index is 11.8. The number of amides is 1. The second-order valence-electron chi connectivity index (χ2n) is 5.14. The molecule has 8 nitrogen and oxygen atoms in total. The number of nitrogens with zero attached hydrogens (tertiary/aromatic N) is 2. The Balaban J connectivity index is 1.96. The van der Waals surface area contributed by atoms with Gasteiger partial charge in [0, 0.05) is 16.1 Å². The number of carbonyl (C=O) groups is 1. The highest BCUT2D eigenvalue weighted by Crippen LogP contribution is 2.30. The van der Waals surface area contributed by atoms with E-state index in [1.54, 1.807) is 19.1 Å². The SMILES string of the molecule is Cc1ccc(OCC(=O)NN=Cc2cc(O)c(Br)cc2Br)c([N+](=O)[O-])c1. The van der Waals surface area contributed by atoms with Crippen LogP contribution in [0.15, 0.2) is 44.4 Å². The molecule has 0 aliphatic heterocycles. The van der Waals surface area contributed by atoms with Gasteiger partial charge in [0.15, 0.2) is 12.4 Å². The first kappa shape index (κ1) is 19.9. The van der Waals surface area contributed by atoms with Crippen LogP contribution in [-0.4, -0.2) is 28.8 Å². The lowest BCUT2D eigenvalue weighted by atomic mass is 10.2. The van der Waals surface area contributed by atoms with Gasteiger partial charge in [0.2, 0.25) is 0 Å². The molecule has 0 aliphatic carbocycles. The molecule has 2 rings (SSSR count). The Bertz CT molecular complexity index is 886. The fraction of sp³-hybridized carbons (Fsp3) is 0.125. The monoisotopic (exact) mass is 485 g/mol. The summed E-state index contributed by atoms with van der Waals surface area (Å²) in [6.45, 7) is 1.28. The molecule has 0 unspecified atom stereocenters. The van der Waals surface area contributed by atoms with Crippen molar-refractivity contribution in [3.8, 4) is 11.5 Å². The standard InChI is InChI=1S/C16H13Br2N3O5/c1-9-2-3-15(13(4-9)21(24)25)26-8-16(23)20-19-7-10-5-14(22)12(18)6-11(10)17/h2-7,22H,8H2,1H3,(H,20,23). The van der Waals surface area contributed by atoms with Crippen molar-refractivity contribution >= 4 is 49.7 Å². The molecule has 0 spiro atoms. The van der Waals surface area contributed by atoms with E-state index in [9.17, 15) is 20.0 Å². The average molecular weight is 487 g/mol.